The van der Waals surface area contributed by atoms with Crippen LogP contribution in [-0.4, -0.2) is 10.2 Å². The second kappa shape index (κ2) is 4.97. The second-order valence-corrected chi connectivity index (χ2v) is 4.86. The van der Waals surface area contributed by atoms with E-state index < -0.39 is 0 Å². The van der Waals surface area contributed by atoms with E-state index >= 15 is 0 Å². The summed E-state index contributed by atoms with van der Waals surface area (Å²) in [5.41, 5.74) is 6.15. The third-order valence-electron chi connectivity index (χ3n) is 1.81. The Balaban J connectivity index is 2.22. The molecule has 1 heterocycles. The van der Waals surface area contributed by atoms with Gasteiger partial charge in [-0.3, -0.25) is 0 Å². The van der Waals surface area contributed by atoms with Crippen molar-refractivity contribution >= 4 is 45.4 Å². The number of benzene rings is 1. The van der Waals surface area contributed by atoms with E-state index in [4.69, 9.17) is 28.9 Å². The van der Waals surface area contributed by atoms with Gasteiger partial charge >= 0.3 is 0 Å². The van der Waals surface area contributed by atoms with E-state index in [1.807, 2.05) is 0 Å². The van der Waals surface area contributed by atoms with Crippen molar-refractivity contribution in [2.45, 2.75) is 6.54 Å². The van der Waals surface area contributed by atoms with Crippen LogP contribution in [-0.2, 0) is 6.54 Å². The third-order valence-corrected chi connectivity index (χ3v) is 3.24. The summed E-state index contributed by atoms with van der Waals surface area (Å²) in [4.78, 5) is 0. The molecule has 0 bridgehead atoms. The molecule has 0 atom stereocenters. The molecule has 84 valence electrons. The van der Waals surface area contributed by atoms with Crippen LogP contribution in [0.1, 0.15) is 5.01 Å². The van der Waals surface area contributed by atoms with Crippen LogP contribution in [0.15, 0.2) is 18.2 Å². The molecule has 0 aliphatic carbocycles. The summed E-state index contributed by atoms with van der Waals surface area (Å²) in [7, 11) is 0. The van der Waals surface area contributed by atoms with Crippen LogP contribution in [0.25, 0.3) is 0 Å². The van der Waals surface area contributed by atoms with Crippen molar-refractivity contribution in [3.05, 3.63) is 33.3 Å². The first-order chi connectivity index (χ1) is 7.69. The van der Waals surface area contributed by atoms with Gasteiger partial charge in [0.25, 0.3) is 0 Å². The van der Waals surface area contributed by atoms with Crippen LogP contribution < -0.4 is 11.1 Å². The number of rotatable bonds is 3. The van der Waals surface area contributed by atoms with Crippen LogP contribution in [0.5, 0.6) is 0 Å². The van der Waals surface area contributed by atoms with Gasteiger partial charge < -0.3 is 11.1 Å². The van der Waals surface area contributed by atoms with Gasteiger partial charge in [0.05, 0.1) is 10.7 Å². The summed E-state index contributed by atoms with van der Waals surface area (Å²) in [5.74, 6) is 0. The number of anilines is 2. The zero-order chi connectivity index (χ0) is 11.5. The van der Waals surface area contributed by atoms with Crippen molar-refractivity contribution in [3.63, 3.8) is 0 Å². The molecular weight excluding hydrogens is 267 g/mol. The Labute approximate surface area is 106 Å². The highest BCUT2D eigenvalue weighted by Gasteiger charge is 2.06. The molecule has 0 unspecified atom stereocenters. The number of aromatic nitrogens is 2. The predicted octanol–water partition coefficient (Wildman–Crippen LogP) is 3.05. The zero-order valence-electron chi connectivity index (χ0n) is 8.08. The van der Waals surface area contributed by atoms with Crippen LogP contribution in [0.3, 0.4) is 0 Å². The maximum absolute atomic E-state index is 6.00. The molecule has 0 spiro atoms. The highest BCUT2D eigenvalue weighted by atomic mass is 35.5. The van der Waals surface area contributed by atoms with Crippen molar-refractivity contribution in [3.8, 4) is 0 Å². The predicted molar refractivity (Wildman–Crippen MR) is 67.5 cm³/mol. The molecule has 0 radical (unpaired) electrons. The van der Waals surface area contributed by atoms with Crippen molar-refractivity contribution in [1.29, 1.82) is 0 Å². The fourth-order valence-corrected chi connectivity index (χ4v) is 2.06. The van der Waals surface area contributed by atoms with Crippen LogP contribution >= 0.6 is 34.5 Å². The number of hydrogen-bond donors (Lipinski definition) is 2. The lowest BCUT2D eigenvalue weighted by Crippen LogP contribution is -1.94. The number of nitrogens with one attached hydrogen (secondary N) is 1. The fourth-order valence-electron chi connectivity index (χ4n) is 1.10. The molecule has 0 saturated carbocycles. The normalized spacial score (nSPS) is 10.4. The number of nitrogens with zero attached hydrogens (tertiary/aromatic N) is 2. The molecule has 0 aliphatic rings. The van der Waals surface area contributed by atoms with Gasteiger partial charge in [-0.2, -0.15) is 0 Å². The summed E-state index contributed by atoms with van der Waals surface area (Å²) >= 11 is 13.2. The average Bonchev–Trinajstić information content (AvgIpc) is 2.71. The number of halogens is 2. The van der Waals surface area contributed by atoms with Gasteiger partial charge in [-0.15, -0.1) is 10.2 Å². The fraction of sp³-hybridized carbons (Fsp3) is 0.111. The minimum absolute atomic E-state index is 0.378. The molecule has 1 aromatic heterocycles. The van der Waals surface area contributed by atoms with Crippen molar-refractivity contribution in [1.82, 2.24) is 10.2 Å². The first kappa shape index (κ1) is 11.6. The second-order valence-electron chi connectivity index (χ2n) is 2.95. The molecular formula is C9H8Cl2N4S. The largest absolute Gasteiger partial charge is 0.329 e. The molecule has 0 fully saturated rings. The lowest BCUT2D eigenvalue weighted by atomic mass is 10.3. The molecule has 4 nitrogen and oxygen atoms in total. The van der Waals surface area contributed by atoms with Gasteiger partial charge in [-0.25, -0.2) is 0 Å². The van der Waals surface area contributed by atoms with Crippen molar-refractivity contribution in [2.75, 3.05) is 5.32 Å². The average molecular weight is 275 g/mol. The lowest BCUT2D eigenvalue weighted by molar-refractivity contribution is 0.960. The summed E-state index contributed by atoms with van der Waals surface area (Å²) in [5, 5.41) is 13.4. The Morgan fingerprint density at radius 3 is 2.81 bits per heavy atom. The number of nitrogens with two attached hydrogens (primary N) is 1. The minimum atomic E-state index is 0.378. The van der Waals surface area contributed by atoms with Crippen molar-refractivity contribution < 1.29 is 0 Å². The summed E-state index contributed by atoms with van der Waals surface area (Å²) in [6, 6.07) is 5.17. The molecule has 0 aliphatic heterocycles. The minimum Gasteiger partial charge on any atom is -0.329 e. The topological polar surface area (TPSA) is 63.8 Å². The Kier molecular flexibility index (Phi) is 3.60. The van der Waals surface area contributed by atoms with E-state index in [0.29, 0.717) is 27.4 Å². The molecule has 16 heavy (non-hydrogen) atoms. The summed E-state index contributed by atoms with van der Waals surface area (Å²) in [6.45, 7) is 0.378. The standard InChI is InChI=1S/C9H8Cl2N4S/c10-5-1-2-6(11)7(3-5)13-9-15-14-8(4-12)16-9/h1-3H,4,12H2,(H,13,15). The van der Waals surface area contributed by atoms with E-state index in [1.54, 1.807) is 18.2 Å². The first-order valence-electron chi connectivity index (χ1n) is 4.43. The molecule has 3 N–H and O–H groups in total. The van der Waals surface area contributed by atoms with Gasteiger partial charge in [0, 0.05) is 11.6 Å². The molecule has 7 heteroatoms. The Hall–Kier alpha value is -0.880. The highest BCUT2D eigenvalue weighted by Crippen LogP contribution is 2.29. The molecule has 0 saturated heterocycles. The van der Waals surface area contributed by atoms with E-state index in [1.165, 1.54) is 11.3 Å². The monoisotopic (exact) mass is 274 g/mol. The van der Waals surface area contributed by atoms with Gasteiger partial charge in [0.1, 0.15) is 5.01 Å². The van der Waals surface area contributed by atoms with E-state index in [-0.39, 0.29) is 0 Å². The zero-order valence-corrected chi connectivity index (χ0v) is 10.4. The van der Waals surface area contributed by atoms with Gasteiger partial charge in [-0.1, -0.05) is 34.5 Å². The summed E-state index contributed by atoms with van der Waals surface area (Å²) in [6.07, 6.45) is 0. The van der Waals surface area contributed by atoms with Crippen molar-refractivity contribution in [2.24, 2.45) is 5.73 Å². The van der Waals surface area contributed by atoms with Gasteiger partial charge in [-0.05, 0) is 18.2 Å². The van der Waals surface area contributed by atoms with Gasteiger partial charge in [0.15, 0.2) is 0 Å². The van der Waals surface area contributed by atoms with Crippen LogP contribution in [0, 0.1) is 0 Å². The Bertz CT molecular complexity index is 500. The van der Waals surface area contributed by atoms with Crippen LogP contribution in [0.2, 0.25) is 10.0 Å². The van der Waals surface area contributed by atoms with E-state index in [0.717, 1.165) is 5.01 Å². The maximum Gasteiger partial charge on any atom is 0.210 e. The maximum atomic E-state index is 6.00. The lowest BCUT2D eigenvalue weighted by Gasteiger charge is -2.04. The highest BCUT2D eigenvalue weighted by molar-refractivity contribution is 7.15. The van der Waals surface area contributed by atoms with E-state index in [9.17, 15) is 0 Å². The quantitative estimate of drug-likeness (QED) is 0.903. The molecule has 1 aromatic carbocycles. The smallest absolute Gasteiger partial charge is 0.210 e. The number of hydrogen-bond acceptors (Lipinski definition) is 5. The SMILES string of the molecule is NCc1nnc(Nc2cc(Cl)ccc2Cl)s1. The molecule has 0 amide bonds. The molecule has 2 rings (SSSR count). The Morgan fingerprint density at radius 1 is 1.31 bits per heavy atom. The molecule has 2 aromatic rings. The van der Waals surface area contributed by atoms with Gasteiger partial charge in [0.2, 0.25) is 5.13 Å². The Morgan fingerprint density at radius 2 is 2.12 bits per heavy atom. The van der Waals surface area contributed by atoms with E-state index in [2.05, 4.69) is 15.5 Å². The first-order valence-corrected chi connectivity index (χ1v) is 6.01. The van der Waals surface area contributed by atoms with Crippen LogP contribution in [0.4, 0.5) is 10.8 Å². The summed E-state index contributed by atoms with van der Waals surface area (Å²) < 4.78 is 0. The third kappa shape index (κ3) is 2.62.